The van der Waals surface area contributed by atoms with Crippen LogP contribution < -0.4 is 16.4 Å². The Hall–Kier alpha value is -1.56. The fraction of sp³-hybridized carbons (Fsp3) is 0.429. The number of hydrogen-bond donors (Lipinski definition) is 3. The van der Waals surface area contributed by atoms with Crippen LogP contribution in [0, 0.1) is 6.92 Å². The Morgan fingerprint density at radius 1 is 1.45 bits per heavy atom. The molecule has 5 nitrogen and oxygen atoms in total. The summed E-state index contributed by atoms with van der Waals surface area (Å²) in [7, 11) is 0. The minimum atomic E-state index is -0.0498. The number of nitrogens with two attached hydrogens (primary N) is 1. The van der Waals surface area contributed by atoms with E-state index >= 15 is 0 Å². The van der Waals surface area contributed by atoms with Gasteiger partial charge in [-0.1, -0.05) is 22.9 Å². The molecule has 0 unspecified atom stereocenters. The number of nitrogens with one attached hydrogen (secondary N) is 2. The number of carbonyl (C=O) groups excluding carboxylic acids is 1. The maximum atomic E-state index is 11.8. The van der Waals surface area contributed by atoms with Gasteiger partial charge >= 0.3 is 0 Å². The summed E-state index contributed by atoms with van der Waals surface area (Å²) in [5.41, 5.74) is 7.48. The molecule has 6 heteroatoms. The van der Waals surface area contributed by atoms with Crippen molar-refractivity contribution < 1.29 is 4.79 Å². The van der Waals surface area contributed by atoms with E-state index < -0.39 is 0 Å². The molecule has 0 aliphatic heterocycles. The van der Waals surface area contributed by atoms with Gasteiger partial charge in [0.05, 0.1) is 0 Å². The Kier molecular flexibility index (Phi) is 7.08. The van der Waals surface area contributed by atoms with Crippen LogP contribution in [0.15, 0.2) is 27.7 Å². The summed E-state index contributed by atoms with van der Waals surface area (Å²) in [5, 5.41) is 5.79. The SMILES string of the molecule is CCCN=C(N)NCCC(=O)Nc1ccc(Br)cc1C. The summed E-state index contributed by atoms with van der Waals surface area (Å²) in [5.74, 6) is 0.339. The zero-order valence-electron chi connectivity index (χ0n) is 11.9. The third-order valence-corrected chi connectivity index (χ3v) is 3.12. The molecule has 1 aromatic rings. The van der Waals surface area contributed by atoms with Gasteiger partial charge in [0.2, 0.25) is 5.91 Å². The molecule has 0 spiro atoms. The Morgan fingerprint density at radius 3 is 2.85 bits per heavy atom. The van der Waals surface area contributed by atoms with Crippen molar-refractivity contribution in [1.82, 2.24) is 5.32 Å². The van der Waals surface area contributed by atoms with E-state index in [0.717, 1.165) is 22.1 Å². The molecule has 0 radical (unpaired) electrons. The fourth-order valence-corrected chi connectivity index (χ4v) is 2.05. The highest BCUT2D eigenvalue weighted by atomic mass is 79.9. The first kappa shape index (κ1) is 16.5. The fourth-order valence-electron chi connectivity index (χ4n) is 1.57. The number of amides is 1. The van der Waals surface area contributed by atoms with Gasteiger partial charge in [-0.25, -0.2) is 0 Å². The zero-order valence-corrected chi connectivity index (χ0v) is 13.5. The maximum absolute atomic E-state index is 11.8. The average Bonchev–Trinajstić information content (AvgIpc) is 2.39. The standard InChI is InChI=1S/C14H21BrN4O/c1-3-7-17-14(16)18-8-6-13(20)19-12-5-4-11(15)9-10(12)2/h4-5,9H,3,6-8H2,1-2H3,(H,19,20)(H3,16,17,18). The summed E-state index contributed by atoms with van der Waals surface area (Å²) in [6.45, 7) is 5.16. The molecule has 4 N–H and O–H groups in total. The summed E-state index contributed by atoms with van der Waals surface area (Å²) in [4.78, 5) is 15.9. The molecular formula is C14H21BrN4O. The smallest absolute Gasteiger partial charge is 0.226 e. The molecular weight excluding hydrogens is 320 g/mol. The monoisotopic (exact) mass is 340 g/mol. The summed E-state index contributed by atoms with van der Waals surface area (Å²) < 4.78 is 0.995. The van der Waals surface area contributed by atoms with Gasteiger partial charge in [0.15, 0.2) is 5.96 Å². The number of rotatable bonds is 6. The van der Waals surface area contributed by atoms with E-state index in [1.165, 1.54) is 0 Å². The first-order valence-electron chi connectivity index (χ1n) is 6.62. The molecule has 0 saturated carbocycles. The number of aliphatic imine (C=N–C) groups is 1. The summed E-state index contributed by atoms with van der Waals surface area (Å²) in [6.07, 6.45) is 1.30. The maximum Gasteiger partial charge on any atom is 0.226 e. The lowest BCUT2D eigenvalue weighted by Gasteiger charge is -2.09. The van der Waals surface area contributed by atoms with E-state index in [1.54, 1.807) is 0 Å². The number of carbonyl (C=O) groups is 1. The number of halogens is 1. The van der Waals surface area contributed by atoms with Gasteiger partial charge in [0.1, 0.15) is 0 Å². The van der Waals surface area contributed by atoms with Crippen molar-refractivity contribution in [3.05, 3.63) is 28.2 Å². The largest absolute Gasteiger partial charge is 0.370 e. The van der Waals surface area contributed by atoms with E-state index in [4.69, 9.17) is 5.73 Å². The molecule has 0 atom stereocenters. The lowest BCUT2D eigenvalue weighted by atomic mass is 10.2. The van der Waals surface area contributed by atoms with Crippen LogP contribution in [0.2, 0.25) is 0 Å². The molecule has 0 aliphatic carbocycles. The average molecular weight is 341 g/mol. The van der Waals surface area contributed by atoms with Crippen molar-refractivity contribution in [2.24, 2.45) is 10.7 Å². The second-order valence-electron chi connectivity index (χ2n) is 4.45. The zero-order chi connectivity index (χ0) is 15.0. The predicted molar refractivity (Wildman–Crippen MR) is 86.9 cm³/mol. The Morgan fingerprint density at radius 2 is 2.20 bits per heavy atom. The van der Waals surface area contributed by atoms with Crippen LogP contribution in [-0.4, -0.2) is 25.0 Å². The molecule has 110 valence electrons. The Balaban J connectivity index is 2.37. The highest BCUT2D eigenvalue weighted by Gasteiger charge is 2.05. The lowest BCUT2D eigenvalue weighted by Crippen LogP contribution is -2.34. The molecule has 0 aromatic heterocycles. The van der Waals surface area contributed by atoms with Crippen molar-refractivity contribution in [3.8, 4) is 0 Å². The molecule has 1 aromatic carbocycles. The van der Waals surface area contributed by atoms with E-state index in [2.05, 4.69) is 31.6 Å². The number of benzene rings is 1. The van der Waals surface area contributed by atoms with Gasteiger partial charge in [-0.05, 0) is 37.1 Å². The highest BCUT2D eigenvalue weighted by Crippen LogP contribution is 2.19. The molecule has 1 amide bonds. The van der Waals surface area contributed by atoms with E-state index in [1.807, 2.05) is 32.0 Å². The quantitative estimate of drug-likeness (QED) is 0.549. The van der Waals surface area contributed by atoms with Gasteiger partial charge < -0.3 is 16.4 Å². The van der Waals surface area contributed by atoms with E-state index in [-0.39, 0.29) is 5.91 Å². The van der Waals surface area contributed by atoms with Gasteiger partial charge in [-0.2, -0.15) is 0 Å². The van der Waals surface area contributed by atoms with E-state index in [0.29, 0.717) is 25.5 Å². The number of nitrogens with zero attached hydrogens (tertiary/aromatic N) is 1. The molecule has 0 bridgehead atoms. The molecule has 0 fully saturated rings. The van der Waals surface area contributed by atoms with Gasteiger partial charge in [-0.15, -0.1) is 0 Å². The van der Waals surface area contributed by atoms with Gasteiger partial charge in [-0.3, -0.25) is 9.79 Å². The second kappa shape index (κ2) is 8.58. The van der Waals surface area contributed by atoms with Crippen LogP contribution in [0.5, 0.6) is 0 Å². The van der Waals surface area contributed by atoms with Crippen LogP contribution in [0.25, 0.3) is 0 Å². The van der Waals surface area contributed by atoms with Crippen molar-refractivity contribution in [3.63, 3.8) is 0 Å². The first-order valence-corrected chi connectivity index (χ1v) is 7.42. The second-order valence-corrected chi connectivity index (χ2v) is 5.37. The van der Waals surface area contributed by atoms with Crippen LogP contribution in [0.1, 0.15) is 25.3 Å². The summed E-state index contributed by atoms with van der Waals surface area (Å²) in [6, 6.07) is 5.74. The lowest BCUT2D eigenvalue weighted by molar-refractivity contribution is -0.116. The number of anilines is 1. The topological polar surface area (TPSA) is 79.5 Å². The minimum Gasteiger partial charge on any atom is -0.370 e. The molecule has 0 heterocycles. The van der Waals surface area contributed by atoms with Crippen molar-refractivity contribution in [2.45, 2.75) is 26.7 Å². The number of aryl methyl sites for hydroxylation is 1. The summed E-state index contributed by atoms with van der Waals surface area (Å²) >= 11 is 3.39. The molecule has 20 heavy (non-hydrogen) atoms. The van der Waals surface area contributed by atoms with E-state index in [9.17, 15) is 4.79 Å². The van der Waals surface area contributed by atoms with Crippen molar-refractivity contribution in [2.75, 3.05) is 18.4 Å². The van der Waals surface area contributed by atoms with Crippen LogP contribution >= 0.6 is 15.9 Å². The van der Waals surface area contributed by atoms with Gasteiger partial charge in [0.25, 0.3) is 0 Å². The number of guanidine groups is 1. The third kappa shape index (κ3) is 6.06. The third-order valence-electron chi connectivity index (χ3n) is 2.63. The van der Waals surface area contributed by atoms with Gasteiger partial charge in [0, 0.05) is 29.7 Å². The number of hydrogen-bond acceptors (Lipinski definition) is 2. The van der Waals surface area contributed by atoms with Crippen molar-refractivity contribution >= 4 is 33.5 Å². The van der Waals surface area contributed by atoms with Crippen LogP contribution in [0.4, 0.5) is 5.69 Å². The first-order chi connectivity index (χ1) is 9.52. The van der Waals surface area contributed by atoms with Crippen molar-refractivity contribution in [1.29, 1.82) is 0 Å². The molecule has 0 saturated heterocycles. The Bertz CT molecular complexity index is 488. The normalized spacial score (nSPS) is 11.2. The minimum absolute atomic E-state index is 0.0498. The highest BCUT2D eigenvalue weighted by molar-refractivity contribution is 9.10. The molecule has 1 rings (SSSR count). The molecule has 0 aliphatic rings. The predicted octanol–water partition coefficient (Wildman–Crippen LogP) is 2.40. The van der Waals surface area contributed by atoms with Crippen LogP contribution in [0.3, 0.4) is 0 Å². The Labute approximate surface area is 128 Å². The van der Waals surface area contributed by atoms with Crippen LogP contribution in [-0.2, 0) is 4.79 Å².